The lowest BCUT2D eigenvalue weighted by atomic mass is 10.0. The molecule has 1 aromatic carbocycles. The lowest BCUT2D eigenvalue weighted by Crippen LogP contribution is -2.41. The number of aliphatic carboxylic acids is 1. The summed E-state index contributed by atoms with van der Waals surface area (Å²) in [6.07, 6.45) is 2.10. The zero-order valence-corrected chi connectivity index (χ0v) is 9.93. The quantitative estimate of drug-likeness (QED) is 0.760. The van der Waals surface area contributed by atoms with Crippen molar-refractivity contribution in [1.29, 1.82) is 0 Å². The molecule has 1 unspecified atom stereocenters. The van der Waals surface area contributed by atoms with Crippen LogP contribution in [0.5, 0.6) is 0 Å². The maximum atomic E-state index is 11.0. The van der Waals surface area contributed by atoms with E-state index in [4.69, 9.17) is 5.11 Å². The van der Waals surface area contributed by atoms with Crippen LogP contribution in [-0.4, -0.2) is 28.0 Å². The first-order valence-electron chi connectivity index (χ1n) is 5.62. The van der Waals surface area contributed by atoms with E-state index in [0.717, 1.165) is 16.5 Å². The van der Waals surface area contributed by atoms with Crippen molar-refractivity contribution in [2.24, 2.45) is 0 Å². The lowest BCUT2D eigenvalue weighted by molar-refractivity contribution is -0.141. The van der Waals surface area contributed by atoms with Crippen molar-refractivity contribution in [2.45, 2.75) is 19.4 Å². The van der Waals surface area contributed by atoms with Crippen LogP contribution in [0.2, 0.25) is 0 Å². The molecule has 0 aliphatic carbocycles. The number of carbonyl (C=O) groups excluding carboxylic acids is 1. The number of benzene rings is 1. The molecule has 2 aromatic rings. The Hall–Kier alpha value is -2.30. The van der Waals surface area contributed by atoms with E-state index in [1.807, 2.05) is 30.5 Å². The number of carboxylic acids is 1. The second-order valence-electron chi connectivity index (χ2n) is 4.19. The molecule has 0 aliphatic rings. The molecule has 0 aliphatic heterocycles. The number of fused-ring (bicyclic) bond motifs is 1. The van der Waals surface area contributed by atoms with E-state index >= 15 is 0 Å². The summed E-state index contributed by atoms with van der Waals surface area (Å²) in [5.41, 5.74) is 1.82. The summed E-state index contributed by atoms with van der Waals surface area (Å²) >= 11 is 0. The van der Waals surface area contributed by atoms with Gasteiger partial charge in [-0.25, -0.2) is 4.79 Å². The molecule has 1 aromatic heterocycles. The van der Waals surface area contributed by atoms with Gasteiger partial charge in [0, 0.05) is 25.1 Å². The smallest absolute Gasteiger partial charge is 0.326 e. The largest absolute Gasteiger partial charge is 0.480 e. The molecule has 0 bridgehead atoms. The van der Waals surface area contributed by atoms with Crippen LogP contribution in [0.4, 0.5) is 0 Å². The van der Waals surface area contributed by atoms with Crippen LogP contribution in [0.1, 0.15) is 12.5 Å². The fourth-order valence-electron chi connectivity index (χ4n) is 1.90. The molecule has 1 atom stereocenters. The number of hydrogen-bond acceptors (Lipinski definition) is 2. The van der Waals surface area contributed by atoms with Crippen LogP contribution in [0, 0.1) is 0 Å². The molecule has 1 amide bonds. The Bertz CT molecular complexity index is 589. The van der Waals surface area contributed by atoms with Crippen molar-refractivity contribution in [1.82, 2.24) is 10.3 Å². The molecule has 18 heavy (non-hydrogen) atoms. The predicted octanol–water partition coefficient (Wildman–Crippen LogP) is 1.30. The summed E-state index contributed by atoms with van der Waals surface area (Å²) in [5.74, 6) is -1.37. The zero-order chi connectivity index (χ0) is 13.1. The van der Waals surface area contributed by atoms with E-state index in [-0.39, 0.29) is 12.3 Å². The highest BCUT2D eigenvalue weighted by atomic mass is 16.4. The number of hydrogen-bond donors (Lipinski definition) is 3. The summed E-state index contributed by atoms with van der Waals surface area (Å²) < 4.78 is 0. The average Bonchev–Trinajstić information content (AvgIpc) is 2.74. The van der Waals surface area contributed by atoms with Crippen LogP contribution < -0.4 is 5.32 Å². The average molecular weight is 246 g/mol. The van der Waals surface area contributed by atoms with Gasteiger partial charge in [-0.3, -0.25) is 4.79 Å². The second kappa shape index (κ2) is 4.91. The molecule has 0 spiro atoms. The van der Waals surface area contributed by atoms with Crippen molar-refractivity contribution < 1.29 is 14.7 Å². The minimum absolute atomic E-state index is 0.268. The normalized spacial score (nSPS) is 12.3. The molecular formula is C13H14N2O3. The van der Waals surface area contributed by atoms with Crippen molar-refractivity contribution in [2.75, 3.05) is 0 Å². The predicted molar refractivity (Wildman–Crippen MR) is 67.2 cm³/mol. The van der Waals surface area contributed by atoms with Crippen molar-refractivity contribution >= 4 is 22.8 Å². The number of rotatable bonds is 4. The van der Waals surface area contributed by atoms with Crippen molar-refractivity contribution in [3.05, 3.63) is 36.0 Å². The lowest BCUT2D eigenvalue weighted by Gasteiger charge is -2.13. The molecule has 1 heterocycles. The Kier molecular flexibility index (Phi) is 3.32. The number of carbonyl (C=O) groups is 2. The third kappa shape index (κ3) is 2.68. The van der Waals surface area contributed by atoms with Gasteiger partial charge in [0.2, 0.25) is 5.91 Å². The Balaban J connectivity index is 2.19. The first kappa shape index (κ1) is 12.2. The van der Waals surface area contributed by atoms with Gasteiger partial charge in [0.25, 0.3) is 0 Å². The van der Waals surface area contributed by atoms with E-state index in [0.29, 0.717) is 0 Å². The van der Waals surface area contributed by atoms with Crippen LogP contribution in [0.25, 0.3) is 10.9 Å². The van der Waals surface area contributed by atoms with Gasteiger partial charge < -0.3 is 15.4 Å². The van der Waals surface area contributed by atoms with Gasteiger partial charge in [0.1, 0.15) is 6.04 Å². The van der Waals surface area contributed by atoms with Crippen LogP contribution in [0.15, 0.2) is 30.5 Å². The second-order valence-corrected chi connectivity index (χ2v) is 4.19. The fourth-order valence-corrected chi connectivity index (χ4v) is 1.90. The molecule has 94 valence electrons. The summed E-state index contributed by atoms with van der Waals surface area (Å²) in [6.45, 7) is 1.31. The van der Waals surface area contributed by atoms with E-state index < -0.39 is 12.0 Å². The minimum atomic E-state index is -1.03. The Morgan fingerprint density at radius 3 is 2.83 bits per heavy atom. The number of amides is 1. The van der Waals surface area contributed by atoms with Gasteiger partial charge >= 0.3 is 5.97 Å². The molecule has 3 N–H and O–H groups in total. The molecule has 2 rings (SSSR count). The van der Waals surface area contributed by atoms with Gasteiger partial charge in [0.15, 0.2) is 0 Å². The summed E-state index contributed by atoms with van der Waals surface area (Å²) in [5, 5.41) is 12.5. The van der Waals surface area contributed by atoms with Crippen molar-refractivity contribution in [3.8, 4) is 0 Å². The van der Waals surface area contributed by atoms with Gasteiger partial charge in [-0.2, -0.15) is 0 Å². The number of aromatic amines is 1. The van der Waals surface area contributed by atoms with Crippen LogP contribution in [0.3, 0.4) is 0 Å². The number of nitrogens with one attached hydrogen (secondary N) is 2. The number of H-pyrrole nitrogens is 1. The monoisotopic (exact) mass is 246 g/mol. The topological polar surface area (TPSA) is 82.2 Å². The fraction of sp³-hybridized carbons (Fsp3) is 0.231. The highest BCUT2D eigenvalue weighted by Crippen LogP contribution is 2.15. The van der Waals surface area contributed by atoms with Crippen molar-refractivity contribution in [3.63, 3.8) is 0 Å². The summed E-state index contributed by atoms with van der Waals surface area (Å²) in [7, 11) is 0. The van der Waals surface area contributed by atoms with Crippen LogP contribution in [-0.2, 0) is 16.0 Å². The van der Waals surface area contributed by atoms with E-state index in [1.165, 1.54) is 6.92 Å². The Labute approximate surface area is 104 Å². The number of aromatic nitrogens is 1. The van der Waals surface area contributed by atoms with Gasteiger partial charge in [-0.05, 0) is 23.1 Å². The number of carboxylic acid groups (broad SMARTS) is 1. The van der Waals surface area contributed by atoms with Gasteiger partial charge in [-0.15, -0.1) is 0 Å². The standard InChI is InChI=1S/C13H14N2O3/c1-8(16)15-12(13(17)18)7-9-2-3-10-4-5-14-11(10)6-9/h2-6,12,14H,7H2,1H3,(H,15,16)(H,17,18). The SMILES string of the molecule is CC(=O)NC(Cc1ccc2cc[nH]c2c1)C(=O)O. The van der Waals surface area contributed by atoms with E-state index in [9.17, 15) is 9.59 Å². The molecular weight excluding hydrogens is 232 g/mol. The minimum Gasteiger partial charge on any atom is -0.480 e. The molecule has 0 fully saturated rings. The van der Waals surface area contributed by atoms with Gasteiger partial charge in [0.05, 0.1) is 0 Å². The maximum absolute atomic E-state index is 11.0. The summed E-state index contributed by atoms with van der Waals surface area (Å²) in [4.78, 5) is 25.0. The molecule has 0 saturated heterocycles. The highest BCUT2D eigenvalue weighted by molar-refractivity contribution is 5.83. The maximum Gasteiger partial charge on any atom is 0.326 e. The first-order chi connectivity index (χ1) is 8.56. The van der Waals surface area contributed by atoms with E-state index in [1.54, 1.807) is 0 Å². The third-order valence-electron chi connectivity index (χ3n) is 2.73. The zero-order valence-electron chi connectivity index (χ0n) is 9.93. The Morgan fingerprint density at radius 1 is 1.39 bits per heavy atom. The third-order valence-corrected chi connectivity index (χ3v) is 2.73. The highest BCUT2D eigenvalue weighted by Gasteiger charge is 2.18. The van der Waals surface area contributed by atoms with Crippen LogP contribution >= 0.6 is 0 Å². The molecule has 0 radical (unpaired) electrons. The Morgan fingerprint density at radius 2 is 2.17 bits per heavy atom. The van der Waals surface area contributed by atoms with Gasteiger partial charge in [-0.1, -0.05) is 12.1 Å². The first-order valence-corrected chi connectivity index (χ1v) is 5.62. The summed E-state index contributed by atoms with van der Waals surface area (Å²) in [6, 6.07) is 6.74. The molecule has 5 nitrogen and oxygen atoms in total. The molecule has 5 heteroatoms. The molecule has 0 saturated carbocycles. The van der Waals surface area contributed by atoms with E-state index in [2.05, 4.69) is 10.3 Å².